The van der Waals surface area contributed by atoms with Gasteiger partial charge in [-0.1, -0.05) is 55.3 Å². The molecule has 0 spiro atoms. The number of thiazole rings is 1. The first-order chi connectivity index (χ1) is 9.26. The van der Waals surface area contributed by atoms with Crippen LogP contribution in [0.3, 0.4) is 0 Å². The summed E-state index contributed by atoms with van der Waals surface area (Å²) < 4.78 is 6.25. The predicted molar refractivity (Wildman–Crippen MR) is 90.1 cm³/mol. The van der Waals surface area contributed by atoms with Gasteiger partial charge < -0.3 is 4.74 Å². The molecular weight excluding hydrogens is 408 g/mol. The number of aromatic nitrogens is 1. The highest BCUT2D eigenvalue weighted by molar-refractivity contribution is 9.24. The zero-order valence-electron chi connectivity index (χ0n) is 11.2. The number of benzene rings is 1. The minimum atomic E-state index is -0.525. The van der Waals surface area contributed by atoms with Gasteiger partial charge in [-0.05, 0) is 26.8 Å². The van der Waals surface area contributed by atoms with Gasteiger partial charge in [0.05, 0.1) is 14.0 Å². The molecule has 1 aromatic heterocycles. The molecule has 0 aliphatic heterocycles. The molecule has 0 fully saturated rings. The maximum atomic E-state index is 11.7. The van der Waals surface area contributed by atoms with Gasteiger partial charge in [-0.15, -0.1) is 0 Å². The van der Waals surface area contributed by atoms with Crippen molar-refractivity contribution in [3.05, 3.63) is 23.8 Å². The molecule has 1 amide bonds. The lowest BCUT2D eigenvalue weighted by Crippen LogP contribution is -2.27. The Balaban J connectivity index is 2.24. The van der Waals surface area contributed by atoms with Crippen LogP contribution in [0, 0.1) is 0 Å². The second-order valence-electron chi connectivity index (χ2n) is 5.14. The summed E-state index contributed by atoms with van der Waals surface area (Å²) in [6.07, 6.45) is -0.493. The van der Waals surface area contributed by atoms with E-state index >= 15 is 0 Å². The largest absolute Gasteiger partial charge is 0.444 e. The summed E-state index contributed by atoms with van der Waals surface area (Å²) in [6.45, 7) is 5.47. The van der Waals surface area contributed by atoms with Crippen molar-refractivity contribution in [3.8, 4) is 0 Å². The second-order valence-corrected chi connectivity index (χ2v) is 9.23. The Morgan fingerprint density at radius 2 is 2.10 bits per heavy atom. The molecule has 2 rings (SSSR count). The average molecular weight is 422 g/mol. The molecule has 20 heavy (non-hydrogen) atoms. The third-order valence-corrected chi connectivity index (χ3v) is 4.22. The third-order valence-electron chi connectivity index (χ3n) is 2.29. The number of nitrogens with one attached hydrogen (secondary N) is 1. The van der Waals surface area contributed by atoms with Crippen molar-refractivity contribution in [2.24, 2.45) is 0 Å². The average Bonchev–Trinajstić information content (AvgIpc) is 2.67. The molecule has 4 nitrogen and oxygen atoms in total. The number of hydrogen-bond donors (Lipinski definition) is 1. The number of carbonyl (C=O) groups excluding carboxylic acids is 1. The highest BCUT2D eigenvalue weighted by Crippen LogP contribution is 2.37. The van der Waals surface area contributed by atoms with E-state index in [4.69, 9.17) is 4.74 Å². The maximum absolute atomic E-state index is 11.7. The molecule has 1 aromatic carbocycles. The lowest BCUT2D eigenvalue weighted by atomic mass is 10.2. The predicted octanol–water partition coefficient (Wildman–Crippen LogP) is 5.43. The molecule has 0 unspecified atom stereocenters. The molecule has 0 bridgehead atoms. The molecule has 1 N–H and O–H groups in total. The highest BCUT2D eigenvalue weighted by atomic mass is 79.9. The van der Waals surface area contributed by atoms with Crippen molar-refractivity contribution >= 4 is 64.6 Å². The van der Waals surface area contributed by atoms with Crippen LogP contribution in [0.25, 0.3) is 10.2 Å². The quantitative estimate of drug-likeness (QED) is 0.657. The highest BCUT2D eigenvalue weighted by Gasteiger charge is 2.18. The van der Waals surface area contributed by atoms with Gasteiger partial charge in [0.25, 0.3) is 0 Å². The number of carbonyl (C=O) groups is 1. The van der Waals surface area contributed by atoms with Gasteiger partial charge in [0, 0.05) is 5.56 Å². The van der Waals surface area contributed by atoms with E-state index in [2.05, 4.69) is 42.2 Å². The summed E-state index contributed by atoms with van der Waals surface area (Å²) in [5.74, 6) is 0. The van der Waals surface area contributed by atoms with Crippen molar-refractivity contribution in [3.63, 3.8) is 0 Å². The van der Waals surface area contributed by atoms with E-state index < -0.39 is 11.7 Å². The molecule has 7 heteroatoms. The molecular formula is C13H14Br2N2O2S. The molecule has 0 aliphatic carbocycles. The van der Waals surface area contributed by atoms with Crippen LogP contribution in [0.5, 0.6) is 0 Å². The van der Waals surface area contributed by atoms with Crippen LogP contribution in [0.1, 0.15) is 30.1 Å². The van der Waals surface area contributed by atoms with Gasteiger partial charge in [-0.25, -0.2) is 9.78 Å². The Kier molecular flexibility index (Phi) is 4.71. The zero-order valence-corrected chi connectivity index (χ0v) is 15.2. The summed E-state index contributed by atoms with van der Waals surface area (Å²) in [5, 5.41) is 3.20. The van der Waals surface area contributed by atoms with Crippen LogP contribution in [0.15, 0.2) is 18.2 Å². The number of amides is 1. The van der Waals surface area contributed by atoms with Crippen molar-refractivity contribution in [1.29, 1.82) is 0 Å². The van der Waals surface area contributed by atoms with Crippen molar-refractivity contribution < 1.29 is 9.53 Å². The molecule has 0 saturated carbocycles. The normalized spacial score (nSPS) is 11.9. The van der Waals surface area contributed by atoms with E-state index in [9.17, 15) is 4.79 Å². The zero-order chi connectivity index (χ0) is 14.9. The Hall–Kier alpha value is -0.660. The fourth-order valence-corrected chi connectivity index (χ4v) is 3.22. The Morgan fingerprint density at radius 3 is 2.70 bits per heavy atom. The summed E-state index contributed by atoms with van der Waals surface area (Å²) in [4.78, 5) is 16.2. The van der Waals surface area contributed by atoms with Crippen molar-refractivity contribution in [2.45, 2.75) is 30.1 Å². The number of anilines is 1. The van der Waals surface area contributed by atoms with Gasteiger partial charge in [-0.2, -0.15) is 0 Å². The monoisotopic (exact) mass is 420 g/mol. The smallest absolute Gasteiger partial charge is 0.413 e. The number of para-hydroxylation sites is 1. The van der Waals surface area contributed by atoms with Crippen LogP contribution in [0.4, 0.5) is 9.93 Å². The minimum absolute atomic E-state index is 0.0233. The van der Waals surface area contributed by atoms with Gasteiger partial charge in [-0.3, -0.25) is 5.32 Å². The first kappa shape index (κ1) is 15.7. The molecule has 0 radical (unpaired) electrons. The SMILES string of the molecule is CC(C)(C)OC(=O)Nc1nc2c(C(Br)Br)cccc2s1. The second kappa shape index (κ2) is 5.99. The first-order valence-corrected chi connectivity index (χ1v) is 8.58. The van der Waals surface area contributed by atoms with Crippen molar-refractivity contribution in [1.82, 2.24) is 4.98 Å². The van der Waals surface area contributed by atoms with E-state index in [1.54, 1.807) is 0 Å². The fourth-order valence-electron chi connectivity index (χ4n) is 1.59. The fraction of sp³-hybridized carbons (Fsp3) is 0.385. The first-order valence-electron chi connectivity index (χ1n) is 5.94. The van der Waals surface area contributed by atoms with Crippen LogP contribution >= 0.6 is 43.2 Å². The van der Waals surface area contributed by atoms with E-state index in [0.29, 0.717) is 5.13 Å². The Labute approximate surface area is 138 Å². The maximum Gasteiger partial charge on any atom is 0.413 e. The summed E-state index contributed by atoms with van der Waals surface area (Å²) in [7, 11) is 0. The van der Waals surface area contributed by atoms with Crippen LogP contribution in [0.2, 0.25) is 0 Å². The van der Waals surface area contributed by atoms with Gasteiger partial charge in [0.2, 0.25) is 0 Å². The van der Waals surface area contributed by atoms with Gasteiger partial charge in [0.1, 0.15) is 5.60 Å². The number of nitrogens with zero attached hydrogens (tertiary/aromatic N) is 1. The Bertz CT molecular complexity index is 635. The standard InChI is InChI=1S/C13H14Br2N2O2S/c1-13(2,3)19-12(18)17-11-16-9-7(10(14)15)5-4-6-8(9)20-11/h4-6,10H,1-3H3,(H,16,17,18). The number of fused-ring (bicyclic) bond motifs is 1. The number of ether oxygens (including phenoxy) is 1. The molecule has 0 atom stereocenters. The van der Waals surface area contributed by atoms with Gasteiger partial charge >= 0.3 is 6.09 Å². The lowest BCUT2D eigenvalue weighted by molar-refractivity contribution is 0.0636. The van der Waals surface area contributed by atoms with Crippen LogP contribution in [-0.2, 0) is 4.74 Å². The lowest BCUT2D eigenvalue weighted by Gasteiger charge is -2.18. The van der Waals surface area contributed by atoms with E-state index in [1.165, 1.54) is 11.3 Å². The van der Waals surface area contributed by atoms with Crippen LogP contribution < -0.4 is 5.32 Å². The minimum Gasteiger partial charge on any atom is -0.444 e. The summed E-state index contributed by atoms with van der Waals surface area (Å²) in [5.41, 5.74) is 1.36. The number of hydrogen-bond acceptors (Lipinski definition) is 4. The number of alkyl halides is 2. The summed E-state index contributed by atoms with van der Waals surface area (Å²) >= 11 is 8.36. The van der Waals surface area contributed by atoms with E-state index in [1.807, 2.05) is 39.0 Å². The van der Waals surface area contributed by atoms with Crippen LogP contribution in [-0.4, -0.2) is 16.7 Å². The molecule has 0 aliphatic rings. The topological polar surface area (TPSA) is 51.2 Å². The number of rotatable bonds is 2. The van der Waals surface area contributed by atoms with E-state index in [0.717, 1.165) is 15.8 Å². The third kappa shape index (κ3) is 3.93. The Morgan fingerprint density at radius 1 is 1.40 bits per heavy atom. The number of halogens is 2. The molecule has 1 heterocycles. The molecule has 2 aromatic rings. The van der Waals surface area contributed by atoms with E-state index in [-0.39, 0.29) is 3.74 Å². The summed E-state index contributed by atoms with van der Waals surface area (Å²) in [6, 6.07) is 5.91. The molecule has 0 saturated heterocycles. The van der Waals surface area contributed by atoms with Gasteiger partial charge in [0.15, 0.2) is 5.13 Å². The molecule has 108 valence electrons. The van der Waals surface area contributed by atoms with Crippen molar-refractivity contribution in [2.75, 3.05) is 5.32 Å².